The van der Waals surface area contributed by atoms with Crippen LogP contribution in [0.4, 0.5) is 5.69 Å². The Morgan fingerprint density at radius 3 is 2.78 bits per heavy atom. The van der Waals surface area contributed by atoms with Gasteiger partial charge in [-0.3, -0.25) is 4.98 Å². The Labute approximate surface area is 116 Å². The van der Waals surface area contributed by atoms with Gasteiger partial charge in [-0.2, -0.15) is 0 Å². The molecule has 0 atom stereocenters. The van der Waals surface area contributed by atoms with Crippen molar-refractivity contribution in [3.05, 3.63) is 33.4 Å². The van der Waals surface area contributed by atoms with Crippen LogP contribution in [0.5, 0.6) is 0 Å². The molecule has 94 valence electrons. The highest BCUT2D eigenvalue weighted by Crippen LogP contribution is 2.35. The number of pyridine rings is 1. The lowest BCUT2D eigenvalue weighted by molar-refractivity contribution is 0.709. The van der Waals surface area contributed by atoms with Crippen LogP contribution in [0.2, 0.25) is 0 Å². The standard InChI is InChI=1S/C15H17BrN2/c1-9-7-8-11(16)13-14(17)10-5-3-2-4-6-12(10)18-15(9)13/h7-8H,2-6H2,1H3,(H2,17,18). The van der Waals surface area contributed by atoms with Crippen LogP contribution >= 0.6 is 15.9 Å². The molecule has 3 heteroatoms. The van der Waals surface area contributed by atoms with Crippen molar-refractivity contribution >= 4 is 32.5 Å². The van der Waals surface area contributed by atoms with Crippen LogP contribution in [-0.4, -0.2) is 4.98 Å². The van der Waals surface area contributed by atoms with E-state index in [9.17, 15) is 0 Å². The molecule has 18 heavy (non-hydrogen) atoms. The van der Waals surface area contributed by atoms with Gasteiger partial charge in [0.25, 0.3) is 0 Å². The minimum Gasteiger partial charge on any atom is -0.398 e. The number of rotatable bonds is 0. The predicted molar refractivity (Wildman–Crippen MR) is 79.9 cm³/mol. The number of nitrogen functional groups attached to an aromatic ring is 1. The van der Waals surface area contributed by atoms with Crippen molar-refractivity contribution < 1.29 is 0 Å². The SMILES string of the molecule is Cc1ccc(Br)c2c(N)c3c(nc12)CCCCC3. The Kier molecular flexibility index (Phi) is 3.02. The van der Waals surface area contributed by atoms with Gasteiger partial charge >= 0.3 is 0 Å². The lowest BCUT2D eigenvalue weighted by Crippen LogP contribution is -2.04. The Bertz CT molecular complexity index is 620. The maximum Gasteiger partial charge on any atom is 0.0766 e. The third-order valence-corrected chi connectivity index (χ3v) is 4.52. The third-order valence-electron chi connectivity index (χ3n) is 3.86. The van der Waals surface area contributed by atoms with Crippen molar-refractivity contribution in [2.45, 2.75) is 39.0 Å². The van der Waals surface area contributed by atoms with E-state index in [1.807, 2.05) is 0 Å². The lowest BCUT2D eigenvalue weighted by Gasteiger charge is -2.14. The highest BCUT2D eigenvalue weighted by Gasteiger charge is 2.17. The fourth-order valence-corrected chi connectivity index (χ4v) is 3.37. The van der Waals surface area contributed by atoms with Crippen molar-refractivity contribution in [2.75, 3.05) is 5.73 Å². The summed E-state index contributed by atoms with van der Waals surface area (Å²) in [5, 5.41) is 1.09. The molecular weight excluding hydrogens is 288 g/mol. The molecule has 1 aromatic heterocycles. The number of anilines is 1. The van der Waals surface area contributed by atoms with Crippen LogP contribution < -0.4 is 5.73 Å². The van der Waals surface area contributed by atoms with Gasteiger partial charge in [0.15, 0.2) is 0 Å². The fraction of sp³-hybridized carbons (Fsp3) is 0.400. The molecule has 0 saturated heterocycles. The average Bonchev–Trinajstić information content (AvgIpc) is 2.59. The Morgan fingerprint density at radius 1 is 1.17 bits per heavy atom. The fourth-order valence-electron chi connectivity index (χ4n) is 2.84. The predicted octanol–water partition coefficient (Wildman–Crippen LogP) is 4.16. The van der Waals surface area contributed by atoms with Crippen LogP contribution in [0.1, 0.15) is 36.1 Å². The minimum atomic E-state index is 0.937. The summed E-state index contributed by atoms with van der Waals surface area (Å²) in [6.07, 6.45) is 5.89. The Hall–Kier alpha value is -1.09. The van der Waals surface area contributed by atoms with Gasteiger partial charge in [0.05, 0.1) is 5.52 Å². The van der Waals surface area contributed by atoms with Crippen LogP contribution in [0, 0.1) is 6.92 Å². The van der Waals surface area contributed by atoms with E-state index in [0.717, 1.165) is 33.9 Å². The summed E-state index contributed by atoms with van der Waals surface area (Å²) in [6.45, 7) is 2.10. The van der Waals surface area contributed by atoms with Gasteiger partial charge in [-0.05, 0) is 49.8 Å². The highest BCUT2D eigenvalue weighted by atomic mass is 79.9. The molecule has 2 aromatic rings. The van der Waals surface area contributed by atoms with Gasteiger partial charge < -0.3 is 5.73 Å². The molecule has 2 N–H and O–H groups in total. The van der Waals surface area contributed by atoms with Crippen LogP contribution in [0.15, 0.2) is 16.6 Å². The molecule has 1 aliphatic rings. The topological polar surface area (TPSA) is 38.9 Å². The summed E-state index contributed by atoms with van der Waals surface area (Å²) in [6, 6.07) is 4.17. The van der Waals surface area contributed by atoms with E-state index in [4.69, 9.17) is 10.7 Å². The molecule has 0 unspecified atom stereocenters. The number of aryl methyl sites for hydroxylation is 2. The molecule has 0 fully saturated rings. The smallest absolute Gasteiger partial charge is 0.0766 e. The molecule has 0 saturated carbocycles. The average molecular weight is 305 g/mol. The first-order valence-corrected chi connectivity index (χ1v) is 7.34. The molecule has 0 radical (unpaired) electrons. The maximum absolute atomic E-state index is 6.41. The van der Waals surface area contributed by atoms with Gasteiger partial charge in [-0.15, -0.1) is 0 Å². The molecule has 0 aliphatic heterocycles. The normalized spacial score (nSPS) is 15.4. The van der Waals surface area contributed by atoms with E-state index in [1.165, 1.54) is 36.1 Å². The largest absolute Gasteiger partial charge is 0.398 e. The molecule has 1 aromatic carbocycles. The number of hydrogen-bond acceptors (Lipinski definition) is 2. The number of nitrogens with zero attached hydrogens (tertiary/aromatic N) is 1. The van der Waals surface area contributed by atoms with Crippen molar-refractivity contribution in [3.63, 3.8) is 0 Å². The molecule has 1 aliphatic carbocycles. The molecule has 0 amide bonds. The van der Waals surface area contributed by atoms with Crippen LogP contribution in [0.25, 0.3) is 10.9 Å². The highest BCUT2D eigenvalue weighted by molar-refractivity contribution is 9.10. The summed E-state index contributed by atoms with van der Waals surface area (Å²) in [4.78, 5) is 4.89. The number of aromatic nitrogens is 1. The molecule has 3 rings (SSSR count). The molecule has 2 nitrogen and oxygen atoms in total. The summed E-state index contributed by atoms with van der Waals surface area (Å²) < 4.78 is 1.06. The van der Waals surface area contributed by atoms with Gasteiger partial charge in [0.2, 0.25) is 0 Å². The zero-order chi connectivity index (χ0) is 12.7. The van der Waals surface area contributed by atoms with Gasteiger partial charge in [0.1, 0.15) is 0 Å². The molecule has 0 spiro atoms. The third kappa shape index (κ3) is 1.81. The number of fused-ring (bicyclic) bond motifs is 2. The minimum absolute atomic E-state index is 0.937. The summed E-state index contributed by atoms with van der Waals surface area (Å²) >= 11 is 3.61. The quantitative estimate of drug-likeness (QED) is 0.742. The Balaban J connectivity index is 2.38. The number of nitrogens with two attached hydrogens (primary N) is 1. The van der Waals surface area contributed by atoms with E-state index in [0.29, 0.717) is 0 Å². The summed E-state index contributed by atoms with van der Waals surface area (Å²) in [7, 11) is 0. The number of hydrogen-bond donors (Lipinski definition) is 1. The summed E-state index contributed by atoms with van der Waals surface area (Å²) in [5.74, 6) is 0. The number of benzene rings is 1. The van der Waals surface area contributed by atoms with Crippen LogP contribution in [-0.2, 0) is 12.8 Å². The van der Waals surface area contributed by atoms with E-state index in [2.05, 4.69) is 35.0 Å². The zero-order valence-electron chi connectivity index (χ0n) is 10.6. The second kappa shape index (κ2) is 4.54. The van der Waals surface area contributed by atoms with Crippen LogP contribution in [0.3, 0.4) is 0 Å². The van der Waals surface area contributed by atoms with Gasteiger partial charge in [-0.25, -0.2) is 0 Å². The second-order valence-corrected chi connectivity index (χ2v) is 5.95. The van der Waals surface area contributed by atoms with Crippen molar-refractivity contribution in [1.29, 1.82) is 0 Å². The van der Waals surface area contributed by atoms with E-state index < -0.39 is 0 Å². The van der Waals surface area contributed by atoms with E-state index in [-0.39, 0.29) is 0 Å². The molecule has 1 heterocycles. The maximum atomic E-state index is 6.41. The van der Waals surface area contributed by atoms with Crippen molar-refractivity contribution in [1.82, 2.24) is 4.98 Å². The van der Waals surface area contributed by atoms with Gasteiger partial charge in [-0.1, -0.05) is 28.4 Å². The molecular formula is C15H17BrN2. The Morgan fingerprint density at radius 2 is 1.94 bits per heavy atom. The monoisotopic (exact) mass is 304 g/mol. The zero-order valence-corrected chi connectivity index (χ0v) is 12.2. The first kappa shape index (κ1) is 12.0. The van der Waals surface area contributed by atoms with E-state index in [1.54, 1.807) is 0 Å². The van der Waals surface area contributed by atoms with E-state index >= 15 is 0 Å². The summed E-state index contributed by atoms with van der Waals surface area (Å²) in [5.41, 5.74) is 12.1. The first-order chi connectivity index (χ1) is 8.68. The van der Waals surface area contributed by atoms with Crippen molar-refractivity contribution in [2.24, 2.45) is 0 Å². The molecule has 0 bridgehead atoms. The number of halogens is 1. The lowest BCUT2D eigenvalue weighted by atomic mass is 10.0. The second-order valence-electron chi connectivity index (χ2n) is 5.10. The van der Waals surface area contributed by atoms with Crippen molar-refractivity contribution in [3.8, 4) is 0 Å². The van der Waals surface area contributed by atoms with Gasteiger partial charge in [0, 0.05) is 21.2 Å². The first-order valence-electron chi connectivity index (χ1n) is 6.54.